The van der Waals surface area contributed by atoms with E-state index >= 15 is 0 Å². The molecule has 2 saturated heterocycles. The fraction of sp³-hybridized carbons (Fsp3) is 0.560. The molecule has 32 heavy (non-hydrogen) atoms. The van der Waals surface area contributed by atoms with Gasteiger partial charge in [0.05, 0.1) is 29.3 Å². The SMILES string of the molecule is CC(C)N1CCC(N2CCCN(C3C=CC=C(c4cc5ccncc5n4N)N3)CC2)CC1. The van der Waals surface area contributed by atoms with E-state index in [1.807, 2.05) is 18.5 Å². The van der Waals surface area contributed by atoms with Gasteiger partial charge in [-0.3, -0.25) is 19.5 Å². The molecule has 2 fully saturated rings. The fourth-order valence-electron chi connectivity index (χ4n) is 5.53. The van der Waals surface area contributed by atoms with Crippen molar-refractivity contribution in [1.82, 2.24) is 29.7 Å². The molecule has 0 bridgehead atoms. The molecule has 1 unspecified atom stereocenters. The van der Waals surface area contributed by atoms with Gasteiger partial charge in [-0.25, -0.2) is 0 Å². The highest BCUT2D eigenvalue weighted by atomic mass is 15.3. The third-order valence-electron chi connectivity index (χ3n) is 7.48. The van der Waals surface area contributed by atoms with E-state index in [9.17, 15) is 0 Å². The average molecular weight is 436 g/mol. The summed E-state index contributed by atoms with van der Waals surface area (Å²) in [5, 5.41) is 4.85. The summed E-state index contributed by atoms with van der Waals surface area (Å²) in [6.07, 6.45) is 14.2. The molecule has 2 aromatic rings. The minimum Gasteiger partial charge on any atom is -0.365 e. The molecule has 0 aliphatic carbocycles. The Balaban J connectivity index is 1.21. The van der Waals surface area contributed by atoms with E-state index < -0.39 is 0 Å². The maximum absolute atomic E-state index is 6.40. The van der Waals surface area contributed by atoms with Crippen molar-refractivity contribution < 1.29 is 0 Å². The number of likely N-dealkylation sites (tertiary alicyclic amines) is 1. The minimum atomic E-state index is 0.203. The summed E-state index contributed by atoms with van der Waals surface area (Å²) in [6.45, 7) is 11.7. The first-order chi connectivity index (χ1) is 15.6. The molecule has 3 aliphatic rings. The van der Waals surface area contributed by atoms with E-state index in [-0.39, 0.29) is 6.17 Å². The minimum absolute atomic E-state index is 0.203. The van der Waals surface area contributed by atoms with E-state index in [1.165, 1.54) is 38.9 Å². The highest BCUT2D eigenvalue weighted by Crippen LogP contribution is 2.25. The molecule has 7 nitrogen and oxygen atoms in total. The van der Waals surface area contributed by atoms with Gasteiger partial charge in [0.2, 0.25) is 0 Å². The maximum Gasteiger partial charge on any atom is 0.0990 e. The monoisotopic (exact) mass is 435 g/mol. The lowest BCUT2D eigenvalue weighted by Crippen LogP contribution is -2.49. The molecule has 0 aromatic carbocycles. The van der Waals surface area contributed by atoms with Crippen LogP contribution in [-0.2, 0) is 0 Å². The van der Waals surface area contributed by atoms with Crippen molar-refractivity contribution in [3.05, 3.63) is 48.4 Å². The fourth-order valence-corrected chi connectivity index (χ4v) is 5.53. The number of piperidine rings is 1. The summed E-state index contributed by atoms with van der Waals surface area (Å²) in [4.78, 5) is 12.2. The van der Waals surface area contributed by atoms with Crippen LogP contribution in [0.4, 0.5) is 0 Å². The first-order valence-electron chi connectivity index (χ1n) is 12.2. The molecule has 0 amide bonds. The number of aromatic nitrogens is 2. The van der Waals surface area contributed by atoms with Crippen LogP contribution in [0, 0.1) is 0 Å². The second-order valence-electron chi connectivity index (χ2n) is 9.67. The zero-order valence-electron chi connectivity index (χ0n) is 19.5. The van der Waals surface area contributed by atoms with Crippen LogP contribution in [0.1, 0.15) is 38.8 Å². The second kappa shape index (κ2) is 9.25. The molecule has 2 aromatic heterocycles. The van der Waals surface area contributed by atoms with Crippen molar-refractivity contribution in [3.8, 4) is 0 Å². The molecule has 0 spiro atoms. The largest absolute Gasteiger partial charge is 0.365 e. The third kappa shape index (κ3) is 4.29. The lowest BCUT2D eigenvalue weighted by atomic mass is 10.0. The van der Waals surface area contributed by atoms with Gasteiger partial charge in [-0.1, -0.05) is 6.08 Å². The number of hydrogen-bond acceptors (Lipinski definition) is 6. The molecular formula is C25H37N7. The van der Waals surface area contributed by atoms with Crippen molar-refractivity contribution in [1.29, 1.82) is 0 Å². The molecule has 172 valence electrons. The van der Waals surface area contributed by atoms with Crippen LogP contribution in [0.2, 0.25) is 0 Å². The van der Waals surface area contributed by atoms with Crippen molar-refractivity contribution in [3.63, 3.8) is 0 Å². The number of nitrogens with two attached hydrogens (primary N) is 1. The Kier molecular flexibility index (Phi) is 6.22. The quantitative estimate of drug-likeness (QED) is 0.720. The van der Waals surface area contributed by atoms with E-state index in [1.54, 1.807) is 4.68 Å². The summed E-state index contributed by atoms with van der Waals surface area (Å²) >= 11 is 0. The van der Waals surface area contributed by atoms with Gasteiger partial charge in [0, 0.05) is 43.3 Å². The number of nitrogen functional groups attached to an aromatic ring is 1. The number of rotatable bonds is 4. The predicted molar refractivity (Wildman–Crippen MR) is 131 cm³/mol. The first kappa shape index (κ1) is 21.5. The summed E-state index contributed by atoms with van der Waals surface area (Å²) in [5.41, 5.74) is 3.01. The van der Waals surface area contributed by atoms with Gasteiger partial charge in [-0.05, 0) is 77.0 Å². The number of allylic oxidation sites excluding steroid dienone is 2. The number of nitrogens with one attached hydrogen (secondary N) is 1. The first-order valence-corrected chi connectivity index (χ1v) is 12.2. The van der Waals surface area contributed by atoms with Crippen molar-refractivity contribution in [2.24, 2.45) is 0 Å². The van der Waals surface area contributed by atoms with Crippen LogP contribution in [0.15, 0.2) is 42.8 Å². The highest BCUT2D eigenvalue weighted by molar-refractivity contribution is 5.85. The molecule has 5 heterocycles. The maximum atomic E-state index is 6.40. The Hall–Kier alpha value is -2.35. The topological polar surface area (TPSA) is 65.6 Å². The van der Waals surface area contributed by atoms with E-state index in [2.05, 4.69) is 63.1 Å². The standard InChI is InChI=1S/C25H37N7/c1-19(2)29-13-8-21(9-14-29)30-11-4-12-31(16-15-30)25-6-3-5-22(28-25)23-17-20-7-10-27-18-24(20)32(23)26/h3,5-7,10,17-19,21,25,28H,4,8-9,11-16,26H2,1-2H3. The third-order valence-corrected chi connectivity index (χ3v) is 7.48. The van der Waals surface area contributed by atoms with E-state index in [4.69, 9.17) is 5.84 Å². The highest BCUT2D eigenvalue weighted by Gasteiger charge is 2.29. The summed E-state index contributed by atoms with van der Waals surface area (Å²) < 4.78 is 1.74. The Morgan fingerprint density at radius 3 is 2.62 bits per heavy atom. The molecule has 7 heteroatoms. The van der Waals surface area contributed by atoms with Crippen LogP contribution < -0.4 is 11.2 Å². The average Bonchev–Trinajstić information content (AvgIpc) is 2.99. The molecule has 0 radical (unpaired) electrons. The number of dihydropyridines is 1. The van der Waals surface area contributed by atoms with Crippen LogP contribution in [-0.4, -0.2) is 81.9 Å². The van der Waals surface area contributed by atoms with Gasteiger partial charge in [0.1, 0.15) is 0 Å². The van der Waals surface area contributed by atoms with Gasteiger partial charge in [-0.2, -0.15) is 0 Å². The van der Waals surface area contributed by atoms with Gasteiger partial charge in [-0.15, -0.1) is 0 Å². The van der Waals surface area contributed by atoms with Crippen LogP contribution in [0.5, 0.6) is 0 Å². The summed E-state index contributed by atoms with van der Waals surface area (Å²) in [7, 11) is 0. The summed E-state index contributed by atoms with van der Waals surface area (Å²) in [6, 6.07) is 5.57. The van der Waals surface area contributed by atoms with Crippen molar-refractivity contribution in [2.45, 2.75) is 51.4 Å². The van der Waals surface area contributed by atoms with Gasteiger partial charge in [0.15, 0.2) is 0 Å². The molecule has 3 N–H and O–H groups in total. The zero-order valence-corrected chi connectivity index (χ0v) is 19.5. The number of hydrogen-bond donors (Lipinski definition) is 2. The second-order valence-corrected chi connectivity index (χ2v) is 9.67. The normalized spacial score (nSPS) is 24.6. The Morgan fingerprint density at radius 2 is 1.84 bits per heavy atom. The lowest BCUT2D eigenvalue weighted by Gasteiger charge is -2.40. The zero-order chi connectivity index (χ0) is 22.1. The lowest BCUT2D eigenvalue weighted by molar-refractivity contribution is 0.0930. The number of nitrogens with zero attached hydrogens (tertiary/aromatic N) is 5. The smallest absolute Gasteiger partial charge is 0.0990 e. The Bertz CT molecular complexity index is 983. The number of pyridine rings is 1. The van der Waals surface area contributed by atoms with Gasteiger partial charge >= 0.3 is 0 Å². The molecule has 0 saturated carbocycles. The van der Waals surface area contributed by atoms with Crippen molar-refractivity contribution in [2.75, 3.05) is 45.1 Å². The number of fused-ring (bicyclic) bond motifs is 1. The molecule has 1 atom stereocenters. The Labute approximate surface area is 191 Å². The Morgan fingerprint density at radius 1 is 1.06 bits per heavy atom. The van der Waals surface area contributed by atoms with E-state index in [0.717, 1.165) is 48.0 Å². The predicted octanol–water partition coefficient (Wildman–Crippen LogP) is 2.46. The van der Waals surface area contributed by atoms with Crippen LogP contribution in [0.25, 0.3) is 16.6 Å². The van der Waals surface area contributed by atoms with Gasteiger partial charge in [0.25, 0.3) is 0 Å². The van der Waals surface area contributed by atoms with Crippen LogP contribution >= 0.6 is 0 Å². The molecule has 3 aliphatic heterocycles. The van der Waals surface area contributed by atoms with E-state index in [0.29, 0.717) is 6.04 Å². The van der Waals surface area contributed by atoms with Crippen molar-refractivity contribution >= 4 is 16.6 Å². The molecular weight excluding hydrogens is 398 g/mol. The van der Waals surface area contributed by atoms with Crippen LogP contribution in [0.3, 0.4) is 0 Å². The molecule has 5 rings (SSSR count). The summed E-state index contributed by atoms with van der Waals surface area (Å²) in [5.74, 6) is 6.40. The van der Waals surface area contributed by atoms with Gasteiger partial charge < -0.3 is 16.1 Å².